The summed E-state index contributed by atoms with van der Waals surface area (Å²) in [6, 6.07) is 4.45. The van der Waals surface area contributed by atoms with Gasteiger partial charge in [0.05, 0.1) is 6.04 Å². The maximum atomic E-state index is 12.0. The first-order valence-corrected chi connectivity index (χ1v) is 6.79. The van der Waals surface area contributed by atoms with Gasteiger partial charge in [-0.15, -0.1) is 24.5 Å². The Kier molecular flexibility index (Phi) is 4.46. The van der Waals surface area contributed by atoms with Gasteiger partial charge in [-0.05, 0) is 31.2 Å². The number of hydrogen-bond acceptors (Lipinski definition) is 4. The van der Waals surface area contributed by atoms with Crippen molar-refractivity contribution in [1.82, 2.24) is 10.3 Å². The lowest BCUT2D eigenvalue weighted by Crippen LogP contribution is -2.26. The average Bonchev–Trinajstić information content (AvgIpc) is 2.91. The van der Waals surface area contributed by atoms with Gasteiger partial charge in [-0.1, -0.05) is 0 Å². The van der Waals surface area contributed by atoms with Crippen LogP contribution in [-0.2, 0) is 0 Å². The number of carbonyl (C=O) groups is 1. The minimum atomic E-state index is -4.75. The smallest absolute Gasteiger partial charge is 0.406 e. The molecule has 2 aromatic rings. The fraction of sp³-hybridized carbons (Fsp3) is 0.231. The van der Waals surface area contributed by atoms with Crippen molar-refractivity contribution in [3.63, 3.8) is 0 Å². The Balaban J connectivity index is 2.00. The van der Waals surface area contributed by atoms with E-state index in [1.807, 2.05) is 0 Å². The van der Waals surface area contributed by atoms with Crippen LogP contribution in [0, 0.1) is 0 Å². The van der Waals surface area contributed by atoms with E-state index in [0.29, 0.717) is 0 Å². The number of nitrogens with zero attached hydrogens (tertiary/aromatic N) is 1. The Labute approximate surface area is 122 Å². The molecule has 0 aliphatic rings. The molecule has 1 aromatic heterocycles. The van der Waals surface area contributed by atoms with E-state index in [9.17, 15) is 18.0 Å². The summed E-state index contributed by atoms with van der Waals surface area (Å²) < 4.78 is 39.8. The summed E-state index contributed by atoms with van der Waals surface area (Å²) in [4.78, 5) is 16.0. The van der Waals surface area contributed by atoms with Gasteiger partial charge in [-0.3, -0.25) is 4.79 Å². The molecular weight excluding hydrogens is 305 g/mol. The molecule has 1 heterocycles. The SMILES string of the molecule is C[C@@H](NC(=O)c1ccc(OC(F)(F)F)cc1)c1nccs1. The van der Waals surface area contributed by atoms with Crippen molar-refractivity contribution in [3.8, 4) is 5.75 Å². The first-order chi connectivity index (χ1) is 9.85. The van der Waals surface area contributed by atoms with Crippen LogP contribution in [0.15, 0.2) is 35.8 Å². The van der Waals surface area contributed by atoms with Gasteiger partial charge in [0.25, 0.3) is 5.91 Å². The van der Waals surface area contributed by atoms with Crippen molar-refractivity contribution in [2.24, 2.45) is 0 Å². The fourth-order valence-electron chi connectivity index (χ4n) is 1.60. The molecule has 0 spiro atoms. The number of thiazole rings is 1. The molecule has 0 unspecified atom stereocenters. The van der Waals surface area contributed by atoms with Crippen LogP contribution in [0.4, 0.5) is 13.2 Å². The van der Waals surface area contributed by atoms with E-state index < -0.39 is 12.3 Å². The normalized spacial score (nSPS) is 12.8. The maximum absolute atomic E-state index is 12.0. The highest BCUT2D eigenvalue weighted by Crippen LogP contribution is 2.23. The van der Waals surface area contributed by atoms with Crippen LogP contribution in [0.3, 0.4) is 0 Å². The van der Waals surface area contributed by atoms with E-state index in [0.717, 1.165) is 17.1 Å². The van der Waals surface area contributed by atoms with Gasteiger partial charge in [0.1, 0.15) is 10.8 Å². The number of amides is 1. The molecule has 0 saturated heterocycles. The van der Waals surface area contributed by atoms with Crippen LogP contribution in [0.25, 0.3) is 0 Å². The van der Waals surface area contributed by atoms with Crippen LogP contribution >= 0.6 is 11.3 Å². The van der Waals surface area contributed by atoms with Crippen LogP contribution in [0.5, 0.6) is 5.75 Å². The third-order valence-electron chi connectivity index (χ3n) is 2.52. The molecule has 0 bridgehead atoms. The molecule has 4 nitrogen and oxygen atoms in total. The monoisotopic (exact) mass is 316 g/mol. The number of hydrogen-bond donors (Lipinski definition) is 1. The fourth-order valence-corrected chi connectivity index (χ4v) is 2.24. The van der Waals surface area contributed by atoms with Crippen molar-refractivity contribution in [3.05, 3.63) is 46.4 Å². The Morgan fingerprint density at radius 3 is 2.52 bits per heavy atom. The van der Waals surface area contributed by atoms with Gasteiger partial charge in [-0.2, -0.15) is 0 Å². The summed E-state index contributed by atoms with van der Waals surface area (Å²) in [5.41, 5.74) is 0.243. The third-order valence-corrected chi connectivity index (χ3v) is 3.48. The third kappa shape index (κ3) is 4.45. The summed E-state index contributed by atoms with van der Waals surface area (Å²) in [6.07, 6.45) is -3.12. The number of benzene rings is 1. The van der Waals surface area contributed by atoms with Crippen LogP contribution in [-0.4, -0.2) is 17.3 Å². The standard InChI is InChI=1S/C13H11F3N2O2S/c1-8(12-17-6-7-21-12)18-11(19)9-2-4-10(5-3-9)20-13(14,15)16/h2-8H,1H3,(H,18,19)/t8-/m1/s1. The lowest BCUT2D eigenvalue weighted by Gasteiger charge is -2.12. The predicted octanol–water partition coefficient (Wildman–Crippen LogP) is 3.53. The van der Waals surface area contributed by atoms with Gasteiger partial charge in [-0.25, -0.2) is 4.98 Å². The second-order valence-corrected chi connectivity index (χ2v) is 5.06. The van der Waals surface area contributed by atoms with Crippen molar-refractivity contribution in [2.75, 3.05) is 0 Å². The number of alkyl halides is 3. The molecule has 1 N–H and O–H groups in total. The minimum Gasteiger partial charge on any atom is -0.406 e. The summed E-state index contributed by atoms with van der Waals surface area (Å²) in [6.45, 7) is 1.78. The summed E-state index contributed by atoms with van der Waals surface area (Å²) in [5.74, 6) is -0.761. The molecule has 0 radical (unpaired) electrons. The van der Waals surface area contributed by atoms with Crippen molar-refractivity contribution < 1.29 is 22.7 Å². The number of rotatable bonds is 4. The maximum Gasteiger partial charge on any atom is 0.573 e. The van der Waals surface area contributed by atoms with E-state index in [1.165, 1.54) is 23.5 Å². The Bertz CT molecular complexity index is 597. The lowest BCUT2D eigenvalue weighted by atomic mass is 10.2. The van der Waals surface area contributed by atoms with Crippen LogP contribution in [0.1, 0.15) is 28.3 Å². The summed E-state index contributed by atoms with van der Waals surface area (Å²) >= 11 is 1.41. The highest BCUT2D eigenvalue weighted by Gasteiger charge is 2.31. The second kappa shape index (κ2) is 6.13. The predicted molar refractivity (Wildman–Crippen MR) is 71.1 cm³/mol. The first-order valence-electron chi connectivity index (χ1n) is 5.91. The molecule has 1 atom stereocenters. The zero-order valence-electron chi connectivity index (χ0n) is 10.8. The van der Waals surface area contributed by atoms with E-state index in [-0.39, 0.29) is 17.4 Å². The van der Waals surface area contributed by atoms with E-state index in [4.69, 9.17) is 0 Å². The molecule has 112 valence electrons. The van der Waals surface area contributed by atoms with E-state index >= 15 is 0 Å². The van der Waals surface area contributed by atoms with Gasteiger partial charge >= 0.3 is 6.36 Å². The largest absolute Gasteiger partial charge is 0.573 e. The molecule has 1 aromatic carbocycles. The highest BCUT2D eigenvalue weighted by molar-refractivity contribution is 7.09. The van der Waals surface area contributed by atoms with Crippen molar-refractivity contribution in [2.45, 2.75) is 19.3 Å². The van der Waals surface area contributed by atoms with Crippen LogP contribution in [0.2, 0.25) is 0 Å². The van der Waals surface area contributed by atoms with Crippen molar-refractivity contribution >= 4 is 17.2 Å². The number of carbonyl (C=O) groups excluding carboxylic acids is 1. The van der Waals surface area contributed by atoms with Gasteiger partial charge < -0.3 is 10.1 Å². The summed E-state index contributed by atoms with van der Waals surface area (Å²) in [5, 5.41) is 5.26. The molecular formula is C13H11F3N2O2S. The zero-order valence-corrected chi connectivity index (χ0v) is 11.7. The Hall–Kier alpha value is -2.09. The molecule has 0 aliphatic heterocycles. The van der Waals surface area contributed by atoms with Gasteiger partial charge in [0, 0.05) is 17.1 Å². The van der Waals surface area contributed by atoms with E-state index in [2.05, 4.69) is 15.0 Å². The molecule has 1 amide bonds. The molecule has 8 heteroatoms. The van der Waals surface area contributed by atoms with Gasteiger partial charge in [0.2, 0.25) is 0 Å². The van der Waals surface area contributed by atoms with Crippen LogP contribution < -0.4 is 10.1 Å². The summed E-state index contributed by atoms with van der Waals surface area (Å²) in [7, 11) is 0. The lowest BCUT2D eigenvalue weighted by molar-refractivity contribution is -0.274. The highest BCUT2D eigenvalue weighted by atomic mass is 32.1. The topological polar surface area (TPSA) is 51.2 Å². The Morgan fingerprint density at radius 2 is 2.00 bits per heavy atom. The molecule has 2 rings (SSSR count). The van der Waals surface area contributed by atoms with Gasteiger partial charge in [0.15, 0.2) is 0 Å². The quantitative estimate of drug-likeness (QED) is 0.939. The zero-order chi connectivity index (χ0) is 15.5. The minimum absolute atomic E-state index is 0.243. The van der Waals surface area contributed by atoms with E-state index in [1.54, 1.807) is 18.5 Å². The number of nitrogens with one attached hydrogen (secondary N) is 1. The molecule has 21 heavy (non-hydrogen) atoms. The number of halogens is 3. The molecule has 0 fully saturated rings. The number of ether oxygens (including phenoxy) is 1. The second-order valence-electron chi connectivity index (χ2n) is 4.14. The van der Waals surface area contributed by atoms with Crippen molar-refractivity contribution in [1.29, 1.82) is 0 Å². The molecule has 0 aliphatic carbocycles. The molecule has 0 saturated carbocycles. The first kappa shape index (κ1) is 15.3. The number of aromatic nitrogens is 1. The average molecular weight is 316 g/mol. The Morgan fingerprint density at radius 1 is 1.33 bits per heavy atom.